The number of hydrogen-bond donors (Lipinski definition) is 1. The molecule has 0 bridgehead atoms. The lowest BCUT2D eigenvalue weighted by Crippen LogP contribution is -2.25. The molecule has 4 heteroatoms. The number of ether oxygens (including phenoxy) is 1. The summed E-state index contributed by atoms with van der Waals surface area (Å²) < 4.78 is 5.05. The van der Waals surface area contributed by atoms with Gasteiger partial charge < -0.3 is 9.84 Å². The first-order chi connectivity index (χ1) is 11.6. The molecule has 1 atom stereocenters. The van der Waals surface area contributed by atoms with Crippen LogP contribution in [0.4, 0.5) is 0 Å². The molecule has 24 heavy (non-hydrogen) atoms. The molecule has 0 aliphatic heterocycles. The highest BCUT2D eigenvalue weighted by Gasteiger charge is 2.48. The Hall–Kier alpha value is -2.72. The van der Waals surface area contributed by atoms with E-state index >= 15 is 0 Å². The van der Waals surface area contributed by atoms with Crippen LogP contribution in [0, 0.1) is 0 Å². The molecule has 4 nitrogen and oxygen atoms in total. The number of ketones is 1. The van der Waals surface area contributed by atoms with E-state index < -0.39 is 17.4 Å². The second-order valence-corrected chi connectivity index (χ2v) is 5.66. The van der Waals surface area contributed by atoms with Crippen molar-refractivity contribution >= 4 is 17.3 Å². The van der Waals surface area contributed by atoms with Gasteiger partial charge in [0.05, 0.1) is 6.61 Å². The predicted molar refractivity (Wildman–Crippen MR) is 90.0 cm³/mol. The van der Waals surface area contributed by atoms with Crippen molar-refractivity contribution < 1.29 is 19.4 Å². The van der Waals surface area contributed by atoms with Gasteiger partial charge in [-0.25, -0.2) is 4.79 Å². The van der Waals surface area contributed by atoms with Gasteiger partial charge in [-0.1, -0.05) is 60.7 Å². The van der Waals surface area contributed by atoms with E-state index in [4.69, 9.17) is 4.74 Å². The normalized spacial score (nSPS) is 20.3. The fourth-order valence-corrected chi connectivity index (χ4v) is 3.12. The minimum absolute atomic E-state index is 0.0607. The Labute approximate surface area is 140 Å². The molecule has 0 fully saturated rings. The summed E-state index contributed by atoms with van der Waals surface area (Å²) in [5.41, 5.74) is -0.0664. The molecule has 0 heterocycles. The molecule has 1 aliphatic rings. The fraction of sp³-hybridized carbons (Fsp3) is 0.200. The Bertz CT molecular complexity index is 793. The van der Waals surface area contributed by atoms with Gasteiger partial charge in [-0.05, 0) is 18.1 Å². The lowest BCUT2D eigenvalue weighted by molar-refractivity contribution is -0.139. The third kappa shape index (κ3) is 2.65. The average molecular weight is 322 g/mol. The van der Waals surface area contributed by atoms with E-state index in [0.29, 0.717) is 16.7 Å². The number of rotatable bonds is 4. The van der Waals surface area contributed by atoms with Crippen molar-refractivity contribution in [1.82, 2.24) is 0 Å². The predicted octanol–water partition coefficient (Wildman–Crippen LogP) is 2.86. The first kappa shape index (κ1) is 16.1. The zero-order chi connectivity index (χ0) is 17.2. The van der Waals surface area contributed by atoms with Crippen LogP contribution < -0.4 is 0 Å². The van der Waals surface area contributed by atoms with Crippen LogP contribution in [-0.4, -0.2) is 23.5 Å². The van der Waals surface area contributed by atoms with E-state index in [1.807, 2.05) is 12.1 Å². The maximum Gasteiger partial charge on any atom is 0.342 e. The second-order valence-electron chi connectivity index (χ2n) is 5.66. The fourth-order valence-electron chi connectivity index (χ4n) is 3.12. The average Bonchev–Trinajstić information content (AvgIpc) is 2.88. The monoisotopic (exact) mass is 322 g/mol. The van der Waals surface area contributed by atoms with Crippen LogP contribution >= 0.6 is 0 Å². The minimum atomic E-state index is -1.54. The quantitative estimate of drug-likeness (QED) is 0.694. The van der Waals surface area contributed by atoms with Gasteiger partial charge in [0, 0.05) is 12.0 Å². The third-order valence-corrected chi connectivity index (χ3v) is 4.15. The molecule has 3 rings (SSSR count). The van der Waals surface area contributed by atoms with Gasteiger partial charge in [-0.2, -0.15) is 0 Å². The highest BCUT2D eigenvalue weighted by Crippen LogP contribution is 2.47. The molecule has 2 aromatic rings. The number of hydrogen-bond acceptors (Lipinski definition) is 4. The van der Waals surface area contributed by atoms with Crippen LogP contribution in [0.25, 0.3) is 5.57 Å². The Kier molecular flexibility index (Phi) is 4.32. The first-order valence-electron chi connectivity index (χ1n) is 7.86. The number of Topliss-reactive ketones (excluding diaryl/α,β-unsaturated/α-hetero) is 1. The van der Waals surface area contributed by atoms with Crippen LogP contribution in [0.15, 0.2) is 66.2 Å². The van der Waals surface area contributed by atoms with Crippen LogP contribution in [0.3, 0.4) is 0 Å². The summed E-state index contributed by atoms with van der Waals surface area (Å²) in [5, 5.41) is 11.3. The minimum Gasteiger partial charge on any atom is -0.462 e. The van der Waals surface area contributed by atoms with Gasteiger partial charge in [0.25, 0.3) is 0 Å². The van der Waals surface area contributed by atoms with E-state index in [9.17, 15) is 14.7 Å². The molecule has 1 unspecified atom stereocenters. The molecule has 0 saturated heterocycles. The zero-order valence-corrected chi connectivity index (χ0v) is 13.4. The van der Waals surface area contributed by atoms with Crippen LogP contribution in [0.5, 0.6) is 0 Å². The van der Waals surface area contributed by atoms with Crippen molar-refractivity contribution in [3.8, 4) is 0 Å². The van der Waals surface area contributed by atoms with Crippen molar-refractivity contribution in [2.75, 3.05) is 6.61 Å². The number of carbonyl (C=O) groups excluding carboxylic acids is 2. The summed E-state index contributed by atoms with van der Waals surface area (Å²) in [7, 11) is 0. The number of esters is 1. The van der Waals surface area contributed by atoms with Crippen molar-refractivity contribution in [1.29, 1.82) is 0 Å². The second kappa shape index (κ2) is 6.42. The van der Waals surface area contributed by atoms with Gasteiger partial charge in [0.2, 0.25) is 0 Å². The number of carbonyl (C=O) groups is 2. The first-order valence-corrected chi connectivity index (χ1v) is 7.86. The Morgan fingerprint density at radius 1 is 1.08 bits per heavy atom. The maximum absolute atomic E-state index is 12.5. The van der Waals surface area contributed by atoms with Crippen molar-refractivity contribution in [2.24, 2.45) is 0 Å². The molecule has 0 spiro atoms. The van der Waals surface area contributed by atoms with Crippen LogP contribution in [-0.2, 0) is 19.9 Å². The van der Waals surface area contributed by atoms with Gasteiger partial charge >= 0.3 is 5.97 Å². The summed E-state index contributed by atoms with van der Waals surface area (Å²) in [6.07, 6.45) is -0.171. The maximum atomic E-state index is 12.5. The van der Waals surface area contributed by atoms with Crippen LogP contribution in [0.2, 0.25) is 0 Å². The molecular formula is C20H18O4. The molecule has 2 aromatic carbocycles. The lowest BCUT2D eigenvalue weighted by atomic mass is 9.83. The molecule has 0 saturated carbocycles. The Morgan fingerprint density at radius 2 is 1.67 bits per heavy atom. The molecule has 1 aliphatic carbocycles. The van der Waals surface area contributed by atoms with E-state index in [2.05, 4.69) is 0 Å². The molecule has 0 aromatic heterocycles. The van der Waals surface area contributed by atoms with E-state index in [-0.39, 0.29) is 18.6 Å². The van der Waals surface area contributed by atoms with E-state index in [0.717, 1.165) is 0 Å². The van der Waals surface area contributed by atoms with E-state index in [1.165, 1.54) is 0 Å². The summed E-state index contributed by atoms with van der Waals surface area (Å²) in [4.78, 5) is 24.9. The molecular weight excluding hydrogens is 304 g/mol. The summed E-state index contributed by atoms with van der Waals surface area (Å²) in [6, 6.07) is 17.9. The Balaban J connectivity index is 2.24. The molecule has 122 valence electrons. The smallest absolute Gasteiger partial charge is 0.342 e. The van der Waals surface area contributed by atoms with Crippen LogP contribution in [0.1, 0.15) is 24.5 Å². The molecule has 0 amide bonds. The largest absolute Gasteiger partial charge is 0.462 e. The van der Waals surface area contributed by atoms with E-state index in [1.54, 1.807) is 55.5 Å². The SMILES string of the molecule is CCOC(=O)C1=C(c2ccccc2)C(O)(c2ccccc2)CC1=O. The van der Waals surface area contributed by atoms with Crippen molar-refractivity contribution in [3.63, 3.8) is 0 Å². The third-order valence-electron chi connectivity index (χ3n) is 4.15. The number of aliphatic hydroxyl groups is 1. The van der Waals surface area contributed by atoms with Gasteiger partial charge in [-0.15, -0.1) is 0 Å². The van der Waals surface area contributed by atoms with Crippen molar-refractivity contribution in [2.45, 2.75) is 18.9 Å². The molecule has 1 N–H and O–H groups in total. The summed E-state index contributed by atoms with van der Waals surface area (Å²) >= 11 is 0. The topological polar surface area (TPSA) is 63.6 Å². The summed E-state index contributed by atoms with van der Waals surface area (Å²) in [6.45, 7) is 1.85. The highest BCUT2D eigenvalue weighted by molar-refractivity contribution is 6.27. The van der Waals surface area contributed by atoms with Gasteiger partial charge in [0.1, 0.15) is 11.2 Å². The Morgan fingerprint density at radius 3 is 2.25 bits per heavy atom. The molecule has 0 radical (unpaired) electrons. The highest BCUT2D eigenvalue weighted by atomic mass is 16.5. The lowest BCUT2D eigenvalue weighted by Gasteiger charge is -2.27. The van der Waals surface area contributed by atoms with Crippen molar-refractivity contribution in [3.05, 3.63) is 77.4 Å². The van der Waals surface area contributed by atoms with Gasteiger partial charge in [0.15, 0.2) is 5.78 Å². The standard InChI is InChI=1S/C20H18O4/c1-2-24-19(22)17-16(21)13-20(23,15-11-7-4-8-12-15)18(17)14-9-5-3-6-10-14/h3-12,23H,2,13H2,1H3. The zero-order valence-electron chi connectivity index (χ0n) is 13.4. The summed E-state index contributed by atoms with van der Waals surface area (Å²) in [5.74, 6) is -1.09. The van der Waals surface area contributed by atoms with Gasteiger partial charge in [-0.3, -0.25) is 4.79 Å². The number of benzene rings is 2.